The van der Waals surface area contributed by atoms with E-state index in [2.05, 4.69) is 41.5 Å². The molecule has 0 rings (SSSR count). The van der Waals surface area contributed by atoms with E-state index in [0.717, 1.165) is 19.3 Å². The largest absolute Gasteiger partial charge is 0.389 e. The minimum absolute atomic E-state index is 0.00875. The maximum absolute atomic E-state index is 10.5. The molecule has 13 heavy (non-hydrogen) atoms. The van der Waals surface area contributed by atoms with Gasteiger partial charge < -0.3 is 5.11 Å². The minimum atomic E-state index is -0.498. The van der Waals surface area contributed by atoms with E-state index in [0.29, 0.717) is 5.92 Å². The van der Waals surface area contributed by atoms with E-state index in [4.69, 9.17) is 0 Å². The van der Waals surface area contributed by atoms with Crippen molar-refractivity contribution in [1.29, 1.82) is 0 Å². The SMILES string of the molecule is CCC(C)CC(O)(CC)C(C)(C)C. The molecule has 0 aliphatic rings. The molecule has 0 spiro atoms. The first-order chi connectivity index (χ1) is 5.77. The van der Waals surface area contributed by atoms with E-state index in [-0.39, 0.29) is 5.41 Å². The highest BCUT2D eigenvalue weighted by Gasteiger charge is 2.38. The second kappa shape index (κ2) is 4.45. The van der Waals surface area contributed by atoms with Crippen LogP contribution in [0.4, 0.5) is 0 Å². The third kappa shape index (κ3) is 3.30. The maximum Gasteiger partial charge on any atom is 0.0695 e. The van der Waals surface area contributed by atoms with Crippen LogP contribution in [-0.4, -0.2) is 10.7 Å². The first-order valence-electron chi connectivity index (χ1n) is 5.49. The van der Waals surface area contributed by atoms with Gasteiger partial charge in [-0.05, 0) is 24.2 Å². The standard InChI is InChI=1S/C12H26O/c1-7-10(3)9-12(13,8-2)11(4,5)6/h10,13H,7-9H2,1-6H3. The second-order valence-corrected chi connectivity index (χ2v) is 5.35. The van der Waals surface area contributed by atoms with Crippen LogP contribution in [0.25, 0.3) is 0 Å². The molecule has 1 nitrogen and oxygen atoms in total. The van der Waals surface area contributed by atoms with Crippen molar-refractivity contribution in [1.82, 2.24) is 0 Å². The summed E-state index contributed by atoms with van der Waals surface area (Å²) >= 11 is 0. The monoisotopic (exact) mass is 186 g/mol. The Bertz CT molecular complexity index is 146. The molecule has 2 unspecified atom stereocenters. The van der Waals surface area contributed by atoms with Gasteiger partial charge in [0.15, 0.2) is 0 Å². The van der Waals surface area contributed by atoms with Crippen LogP contribution in [0.15, 0.2) is 0 Å². The van der Waals surface area contributed by atoms with Gasteiger partial charge in [-0.15, -0.1) is 0 Å². The zero-order chi connectivity index (χ0) is 10.7. The van der Waals surface area contributed by atoms with Gasteiger partial charge in [0.1, 0.15) is 0 Å². The molecule has 0 saturated heterocycles. The average Bonchev–Trinajstić information content (AvgIpc) is 2.02. The normalized spacial score (nSPS) is 19.6. The molecule has 2 atom stereocenters. The highest BCUT2D eigenvalue weighted by atomic mass is 16.3. The van der Waals surface area contributed by atoms with Gasteiger partial charge in [-0.3, -0.25) is 0 Å². The van der Waals surface area contributed by atoms with Crippen LogP contribution in [0.2, 0.25) is 0 Å². The fraction of sp³-hybridized carbons (Fsp3) is 1.00. The molecule has 1 N–H and O–H groups in total. The quantitative estimate of drug-likeness (QED) is 0.711. The highest BCUT2D eigenvalue weighted by Crippen LogP contribution is 2.38. The lowest BCUT2D eigenvalue weighted by Crippen LogP contribution is -2.43. The maximum atomic E-state index is 10.5. The van der Waals surface area contributed by atoms with Gasteiger partial charge in [0.25, 0.3) is 0 Å². The number of hydrogen-bond donors (Lipinski definition) is 1. The lowest BCUT2D eigenvalue weighted by molar-refractivity contribution is -0.0773. The Labute approximate surface area is 83.5 Å². The lowest BCUT2D eigenvalue weighted by atomic mass is 9.70. The Hall–Kier alpha value is -0.0400. The fourth-order valence-electron chi connectivity index (χ4n) is 1.70. The van der Waals surface area contributed by atoms with E-state index in [1.165, 1.54) is 0 Å². The molecular formula is C12H26O. The average molecular weight is 186 g/mol. The van der Waals surface area contributed by atoms with E-state index >= 15 is 0 Å². The summed E-state index contributed by atoms with van der Waals surface area (Å²) in [4.78, 5) is 0. The molecule has 0 bridgehead atoms. The molecule has 80 valence electrons. The van der Waals surface area contributed by atoms with E-state index < -0.39 is 5.60 Å². The summed E-state index contributed by atoms with van der Waals surface area (Å²) in [6.45, 7) is 12.8. The predicted octanol–water partition coefficient (Wildman–Crippen LogP) is 3.61. The molecule has 0 aromatic heterocycles. The van der Waals surface area contributed by atoms with Crippen molar-refractivity contribution in [3.63, 3.8) is 0 Å². The molecule has 0 saturated carbocycles. The molecule has 0 aliphatic carbocycles. The van der Waals surface area contributed by atoms with Crippen molar-refractivity contribution in [2.45, 2.75) is 66.4 Å². The van der Waals surface area contributed by atoms with Crippen molar-refractivity contribution < 1.29 is 5.11 Å². The summed E-state index contributed by atoms with van der Waals surface area (Å²) in [5.41, 5.74) is -0.506. The molecule has 0 amide bonds. The van der Waals surface area contributed by atoms with Crippen molar-refractivity contribution in [3.8, 4) is 0 Å². The lowest BCUT2D eigenvalue weighted by Gasteiger charge is -2.41. The van der Waals surface area contributed by atoms with Gasteiger partial charge in [-0.2, -0.15) is 0 Å². The van der Waals surface area contributed by atoms with Crippen LogP contribution < -0.4 is 0 Å². The zero-order valence-corrected chi connectivity index (χ0v) is 10.1. The predicted molar refractivity (Wildman–Crippen MR) is 58.8 cm³/mol. The molecule has 0 heterocycles. The third-order valence-electron chi connectivity index (χ3n) is 3.36. The Morgan fingerprint density at radius 3 is 1.85 bits per heavy atom. The summed E-state index contributed by atoms with van der Waals surface area (Å²) in [5, 5.41) is 10.5. The Kier molecular flexibility index (Phi) is 4.44. The van der Waals surface area contributed by atoms with Crippen LogP contribution in [-0.2, 0) is 0 Å². The highest BCUT2D eigenvalue weighted by molar-refractivity contribution is 4.90. The van der Waals surface area contributed by atoms with Crippen molar-refractivity contribution in [2.75, 3.05) is 0 Å². The van der Waals surface area contributed by atoms with Gasteiger partial charge in [-0.1, -0.05) is 48.0 Å². The molecule has 0 fully saturated rings. The van der Waals surface area contributed by atoms with Gasteiger partial charge in [-0.25, -0.2) is 0 Å². The molecule has 1 heteroatoms. The van der Waals surface area contributed by atoms with E-state index in [1.807, 2.05) is 0 Å². The van der Waals surface area contributed by atoms with Crippen LogP contribution in [0.5, 0.6) is 0 Å². The number of aliphatic hydroxyl groups is 1. The van der Waals surface area contributed by atoms with Crippen molar-refractivity contribution in [2.24, 2.45) is 11.3 Å². The Morgan fingerprint density at radius 1 is 1.15 bits per heavy atom. The fourth-order valence-corrected chi connectivity index (χ4v) is 1.70. The second-order valence-electron chi connectivity index (χ2n) is 5.35. The first-order valence-corrected chi connectivity index (χ1v) is 5.49. The van der Waals surface area contributed by atoms with Crippen molar-refractivity contribution >= 4 is 0 Å². The van der Waals surface area contributed by atoms with E-state index in [1.54, 1.807) is 0 Å². The molecule has 0 aliphatic heterocycles. The van der Waals surface area contributed by atoms with Gasteiger partial charge in [0.2, 0.25) is 0 Å². The minimum Gasteiger partial charge on any atom is -0.389 e. The molecule has 0 radical (unpaired) electrons. The smallest absolute Gasteiger partial charge is 0.0695 e. The van der Waals surface area contributed by atoms with Crippen molar-refractivity contribution in [3.05, 3.63) is 0 Å². The summed E-state index contributed by atoms with van der Waals surface area (Å²) in [7, 11) is 0. The topological polar surface area (TPSA) is 20.2 Å². The van der Waals surface area contributed by atoms with Gasteiger partial charge >= 0.3 is 0 Å². The summed E-state index contributed by atoms with van der Waals surface area (Å²) in [6, 6.07) is 0. The summed E-state index contributed by atoms with van der Waals surface area (Å²) in [6.07, 6.45) is 2.92. The molecule has 0 aromatic carbocycles. The molecular weight excluding hydrogens is 160 g/mol. The summed E-state index contributed by atoms with van der Waals surface area (Å²) in [5.74, 6) is 0.615. The van der Waals surface area contributed by atoms with Crippen LogP contribution in [0.3, 0.4) is 0 Å². The van der Waals surface area contributed by atoms with Gasteiger partial charge in [0, 0.05) is 0 Å². The van der Waals surface area contributed by atoms with E-state index in [9.17, 15) is 5.11 Å². The third-order valence-corrected chi connectivity index (χ3v) is 3.36. The van der Waals surface area contributed by atoms with Crippen LogP contribution >= 0.6 is 0 Å². The Morgan fingerprint density at radius 2 is 1.62 bits per heavy atom. The van der Waals surface area contributed by atoms with Gasteiger partial charge in [0.05, 0.1) is 5.60 Å². The first kappa shape index (κ1) is 13.0. The van der Waals surface area contributed by atoms with Crippen LogP contribution in [0.1, 0.15) is 60.8 Å². The molecule has 0 aromatic rings. The number of hydrogen-bond acceptors (Lipinski definition) is 1. The Balaban J connectivity index is 4.46. The number of rotatable bonds is 4. The van der Waals surface area contributed by atoms with Crippen LogP contribution in [0, 0.1) is 11.3 Å². The zero-order valence-electron chi connectivity index (χ0n) is 10.1. The summed E-state index contributed by atoms with van der Waals surface area (Å²) < 4.78 is 0.